The molecular formula is C13H17NO4. The minimum absolute atomic E-state index is 0.122. The maximum Gasteiger partial charge on any atom is 0.335 e. The smallest absolute Gasteiger partial charge is 0.335 e. The molecule has 0 atom stereocenters. The summed E-state index contributed by atoms with van der Waals surface area (Å²) < 4.78 is 4.96. The minimum atomic E-state index is -1.03. The lowest BCUT2D eigenvalue weighted by Gasteiger charge is -2.08. The Bertz CT molecular complexity index is 443. The first-order chi connectivity index (χ1) is 8.56. The van der Waals surface area contributed by atoms with E-state index in [2.05, 4.69) is 5.32 Å². The quantitative estimate of drug-likeness (QED) is 0.813. The molecule has 0 aromatic heterocycles. The molecular weight excluding hydrogens is 234 g/mol. The van der Waals surface area contributed by atoms with Gasteiger partial charge in [0.15, 0.2) is 0 Å². The van der Waals surface area contributed by atoms with Gasteiger partial charge in [-0.05, 0) is 30.2 Å². The number of carbonyl (C=O) groups excluding carboxylic acids is 1. The molecule has 0 aliphatic heterocycles. The third kappa shape index (κ3) is 4.18. The fraction of sp³-hybridized carbons (Fsp3) is 0.385. The van der Waals surface area contributed by atoms with Gasteiger partial charge in [0.2, 0.25) is 5.91 Å². The first-order valence-electron chi connectivity index (χ1n) is 5.73. The van der Waals surface area contributed by atoms with Crippen LogP contribution in [0.25, 0.3) is 0 Å². The number of carboxylic acid groups (broad SMARTS) is 1. The van der Waals surface area contributed by atoms with Crippen LogP contribution in [0.4, 0.5) is 5.69 Å². The zero-order valence-corrected chi connectivity index (χ0v) is 10.5. The van der Waals surface area contributed by atoms with Gasteiger partial charge < -0.3 is 15.2 Å². The average Bonchev–Trinajstić information content (AvgIpc) is 2.29. The van der Waals surface area contributed by atoms with E-state index in [0.717, 1.165) is 6.42 Å². The van der Waals surface area contributed by atoms with Crippen molar-refractivity contribution in [1.29, 1.82) is 0 Å². The van der Waals surface area contributed by atoms with Crippen LogP contribution in [0.5, 0.6) is 0 Å². The van der Waals surface area contributed by atoms with Gasteiger partial charge in [0, 0.05) is 19.2 Å². The van der Waals surface area contributed by atoms with Crippen LogP contribution in [0.2, 0.25) is 0 Å². The third-order valence-corrected chi connectivity index (χ3v) is 2.31. The highest BCUT2D eigenvalue weighted by Gasteiger charge is 2.09. The summed E-state index contributed by atoms with van der Waals surface area (Å²) in [6, 6.07) is 4.68. The van der Waals surface area contributed by atoms with Crippen LogP contribution in [0.15, 0.2) is 18.2 Å². The number of rotatable bonds is 6. The first kappa shape index (κ1) is 14.2. The summed E-state index contributed by atoms with van der Waals surface area (Å²) in [4.78, 5) is 22.4. The van der Waals surface area contributed by atoms with E-state index in [0.29, 0.717) is 24.3 Å². The van der Waals surface area contributed by atoms with Crippen molar-refractivity contribution in [3.05, 3.63) is 29.3 Å². The van der Waals surface area contributed by atoms with E-state index in [9.17, 15) is 9.59 Å². The largest absolute Gasteiger partial charge is 0.478 e. The molecule has 0 radical (unpaired) electrons. The Labute approximate surface area is 106 Å². The van der Waals surface area contributed by atoms with E-state index >= 15 is 0 Å². The summed E-state index contributed by atoms with van der Waals surface area (Å²) in [6.07, 6.45) is 1.16. The Morgan fingerprint density at radius 3 is 2.61 bits per heavy atom. The van der Waals surface area contributed by atoms with Crippen molar-refractivity contribution >= 4 is 17.6 Å². The normalized spacial score (nSPS) is 10.1. The molecule has 2 N–H and O–H groups in total. The lowest BCUT2D eigenvalue weighted by Crippen LogP contribution is -2.12. The number of amides is 1. The van der Waals surface area contributed by atoms with Crippen LogP contribution in [0, 0.1) is 0 Å². The fourth-order valence-electron chi connectivity index (χ4n) is 1.59. The van der Waals surface area contributed by atoms with Gasteiger partial charge >= 0.3 is 5.97 Å². The van der Waals surface area contributed by atoms with Crippen LogP contribution in [-0.2, 0) is 16.1 Å². The Kier molecular flexibility index (Phi) is 5.32. The van der Waals surface area contributed by atoms with Crippen LogP contribution in [-0.4, -0.2) is 24.1 Å². The molecule has 1 aromatic rings. The van der Waals surface area contributed by atoms with E-state index in [1.165, 1.54) is 19.2 Å². The van der Waals surface area contributed by atoms with Gasteiger partial charge in [-0.3, -0.25) is 4.79 Å². The maximum atomic E-state index is 11.5. The number of benzene rings is 1. The van der Waals surface area contributed by atoms with Crippen molar-refractivity contribution in [1.82, 2.24) is 0 Å². The van der Waals surface area contributed by atoms with E-state index < -0.39 is 5.97 Å². The third-order valence-electron chi connectivity index (χ3n) is 2.31. The summed E-state index contributed by atoms with van der Waals surface area (Å²) in [5.74, 6) is -1.15. The van der Waals surface area contributed by atoms with E-state index in [1.54, 1.807) is 6.07 Å². The van der Waals surface area contributed by atoms with Crippen molar-refractivity contribution in [2.45, 2.75) is 26.4 Å². The van der Waals surface area contributed by atoms with Crippen molar-refractivity contribution in [2.24, 2.45) is 0 Å². The van der Waals surface area contributed by atoms with Crippen LogP contribution < -0.4 is 5.32 Å². The monoisotopic (exact) mass is 251 g/mol. The Morgan fingerprint density at radius 1 is 1.33 bits per heavy atom. The molecule has 0 aliphatic rings. The molecule has 1 rings (SSSR count). The zero-order valence-electron chi connectivity index (χ0n) is 10.5. The number of carboxylic acids is 1. The second kappa shape index (κ2) is 6.76. The van der Waals surface area contributed by atoms with Crippen molar-refractivity contribution < 1.29 is 19.4 Å². The zero-order chi connectivity index (χ0) is 13.5. The first-order valence-corrected chi connectivity index (χ1v) is 5.73. The number of hydrogen-bond donors (Lipinski definition) is 2. The molecule has 98 valence electrons. The highest BCUT2D eigenvalue weighted by molar-refractivity contribution is 5.94. The second-order valence-corrected chi connectivity index (χ2v) is 3.95. The number of carbonyl (C=O) groups is 2. The SMILES string of the molecule is CCCC(=O)Nc1cc(COC)cc(C(=O)O)c1. The summed E-state index contributed by atoms with van der Waals surface area (Å²) in [7, 11) is 1.53. The number of anilines is 1. The van der Waals surface area contributed by atoms with Gasteiger partial charge in [0.05, 0.1) is 12.2 Å². The molecule has 0 saturated carbocycles. The van der Waals surface area contributed by atoms with E-state index in [-0.39, 0.29) is 11.5 Å². The molecule has 5 heteroatoms. The lowest BCUT2D eigenvalue weighted by atomic mass is 10.1. The number of aromatic carboxylic acids is 1. The molecule has 5 nitrogen and oxygen atoms in total. The van der Waals surface area contributed by atoms with Crippen LogP contribution >= 0.6 is 0 Å². The number of hydrogen-bond acceptors (Lipinski definition) is 3. The molecule has 0 spiro atoms. The Morgan fingerprint density at radius 2 is 2.06 bits per heavy atom. The molecule has 0 aliphatic carbocycles. The highest BCUT2D eigenvalue weighted by atomic mass is 16.5. The summed E-state index contributed by atoms with van der Waals surface area (Å²) in [5, 5.41) is 11.7. The molecule has 0 bridgehead atoms. The topological polar surface area (TPSA) is 75.6 Å². The Hall–Kier alpha value is -1.88. The minimum Gasteiger partial charge on any atom is -0.478 e. The summed E-state index contributed by atoms with van der Waals surface area (Å²) >= 11 is 0. The second-order valence-electron chi connectivity index (χ2n) is 3.95. The van der Waals surface area contributed by atoms with Gasteiger partial charge in [-0.2, -0.15) is 0 Å². The highest BCUT2D eigenvalue weighted by Crippen LogP contribution is 2.16. The number of ether oxygens (including phenoxy) is 1. The molecule has 0 fully saturated rings. The number of nitrogens with one attached hydrogen (secondary N) is 1. The van der Waals surface area contributed by atoms with Crippen molar-refractivity contribution in [3.8, 4) is 0 Å². The molecule has 1 aromatic carbocycles. The van der Waals surface area contributed by atoms with Crippen molar-refractivity contribution in [2.75, 3.05) is 12.4 Å². The van der Waals surface area contributed by atoms with Gasteiger partial charge in [-0.25, -0.2) is 4.79 Å². The predicted molar refractivity (Wildman–Crippen MR) is 67.7 cm³/mol. The summed E-state index contributed by atoms with van der Waals surface area (Å²) in [5.41, 5.74) is 1.33. The standard InChI is InChI=1S/C13H17NO4/c1-3-4-12(15)14-11-6-9(8-18-2)5-10(7-11)13(16)17/h5-7H,3-4,8H2,1-2H3,(H,14,15)(H,16,17). The average molecular weight is 251 g/mol. The van der Waals surface area contributed by atoms with Crippen LogP contribution in [0.3, 0.4) is 0 Å². The van der Waals surface area contributed by atoms with Gasteiger partial charge in [-0.1, -0.05) is 6.92 Å². The molecule has 0 saturated heterocycles. The lowest BCUT2D eigenvalue weighted by molar-refractivity contribution is -0.116. The van der Waals surface area contributed by atoms with E-state index in [4.69, 9.17) is 9.84 Å². The Balaban J connectivity index is 2.95. The predicted octanol–water partition coefficient (Wildman–Crippen LogP) is 2.27. The molecule has 18 heavy (non-hydrogen) atoms. The maximum absolute atomic E-state index is 11.5. The van der Waals surface area contributed by atoms with Gasteiger partial charge in [0.1, 0.15) is 0 Å². The van der Waals surface area contributed by atoms with Crippen LogP contribution in [0.1, 0.15) is 35.7 Å². The molecule has 0 unspecified atom stereocenters. The van der Waals surface area contributed by atoms with Crippen molar-refractivity contribution in [3.63, 3.8) is 0 Å². The molecule has 1 amide bonds. The fourth-order valence-corrected chi connectivity index (χ4v) is 1.59. The van der Waals surface area contributed by atoms with Gasteiger partial charge in [-0.15, -0.1) is 0 Å². The van der Waals surface area contributed by atoms with E-state index in [1.807, 2.05) is 6.92 Å². The molecule has 0 heterocycles. The van der Waals surface area contributed by atoms with Gasteiger partial charge in [0.25, 0.3) is 0 Å². The number of methoxy groups -OCH3 is 1. The summed E-state index contributed by atoms with van der Waals surface area (Å²) in [6.45, 7) is 2.21.